The number of alkyl halides is 3. The molecular weight excluding hydrogens is 517 g/mol. The Hall–Kier alpha value is -3.97. The van der Waals surface area contributed by atoms with Gasteiger partial charge in [-0.2, -0.15) is 13.2 Å². The molecule has 4 aromatic rings. The molecule has 5 rings (SSSR count). The van der Waals surface area contributed by atoms with E-state index < -0.39 is 24.4 Å². The maximum absolute atomic E-state index is 14.3. The number of nitrogens with zero attached hydrogens (tertiary/aromatic N) is 5. The van der Waals surface area contributed by atoms with E-state index in [-0.39, 0.29) is 37.0 Å². The summed E-state index contributed by atoms with van der Waals surface area (Å²) in [5.41, 5.74) is 1.35. The number of halogens is 3. The molecule has 1 aliphatic rings. The van der Waals surface area contributed by atoms with Crippen LogP contribution in [-0.4, -0.2) is 80.8 Å². The molecule has 2 unspecified atom stereocenters. The van der Waals surface area contributed by atoms with Crippen molar-refractivity contribution in [2.45, 2.75) is 37.7 Å². The van der Waals surface area contributed by atoms with E-state index in [4.69, 9.17) is 19.6 Å². The molecule has 10 nitrogen and oxygen atoms in total. The number of rotatable bonds is 8. The Bertz CT molecular complexity index is 1490. The SMILES string of the molecule is COC(C)COc1cccc2ccc(-c3nnc4ccc([C@@H](N5CCC(NC(=O)O)C5)C(F)(F)F)cn34)nc12. The third kappa shape index (κ3) is 5.59. The fourth-order valence-electron chi connectivity index (χ4n) is 4.80. The Kier molecular flexibility index (Phi) is 7.28. The average Bonchev–Trinajstić information content (AvgIpc) is 3.52. The van der Waals surface area contributed by atoms with Crippen LogP contribution in [0.15, 0.2) is 48.7 Å². The number of ether oxygens (including phenoxy) is 2. The number of nitrogens with one attached hydrogen (secondary N) is 1. The van der Waals surface area contributed by atoms with E-state index >= 15 is 0 Å². The Balaban J connectivity index is 1.51. The highest BCUT2D eigenvalue weighted by molar-refractivity contribution is 5.86. The lowest BCUT2D eigenvalue weighted by atomic mass is 10.1. The van der Waals surface area contributed by atoms with Crippen molar-refractivity contribution in [1.29, 1.82) is 0 Å². The first-order valence-corrected chi connectivity index (χ1v) is 12.3. The summed E-state index contributed by atoms with van der Waals surface area (Å²) in [5.74, 6) is 0.824. The van der Waals surface area contributed by atoms with Crippen molar-refractivity contribution in [2.24, 2.45) is 0 Å². The van der Waals surface area contributed by atoms with Crippen molar-refractivity contribution < 1.29 is 32.5 Å². The van der Waals surface area contributed by atoms with Gasteiger partial charge in [-0.15, -0.1) is 10.2 Å². The standard InChI is InChI=1S/C26H27F3N6O4/c1-15(38-2)14-39-20-5-3-4-16-6-8-19(31-22(16)20)24-33-32-21-9-7-17(12-35(21)24)23(26(27,28)29)34-11-10-18(13-34)30-25(36)37/h3-9,12,15,18,23,30H,10-11,13-14H2,1-2H3,(H,36,37)/t15?,18?,23-/m1/s1. The molecule has 0 saturated carbocycles. The predicted molar refractivity (Wildman–Crippen MR) is 136 cm³/mol. The van der Waals surface area contributed by atoms with Gasteiger partial charge in [-0.05, 0) is 37.1 Å². The fourth-order valence-corrected chi connectivity index (χ4v) is 4.80. The lowest BCUT2D eigenvalue weighted by Crippen LogP contribution is -2.40. The molecule has 0 spiro atoms. The average molecular weight is 545 g/mol. The first-order valence-electron chi connectivity index (χ1n) is 12.3. The maximum atomic E-state index is 14.3. The molecular formula is C26H27F3N6O4. The molecule has 2 N–H and O–H groups in total. The number of pyridine rings is 2. The van der Waals surface area contributed by atoms with E-state index in [1.165, 1.54) is 27.6 Å². The van der Waals surface area contributed by atoms with Gasteiger partial charge in [0.05, 0.1) is 6.10 Å². The number of carbonyl (C=O) groups is 1. The van der Waals surface area contributed by atoms with E-state index in [1.807, 2.05) is 25.1 Å². The highest BCUT2D eigenvalue weighted by Gasteiger charge is 2.47. The topological polar surface area (TPSA) is 114 Å². The Morgan fingerprint density at radius 1 is 1.21 bits per heavy atom. The molecule has 0 radical (unpaired) electrons. The van der Waals surface area contributed by atoms with E-state index in [1.54, 1.807) is 19.2 Å². The minimum atomic E-state index is -4.59. The summed E-state index contributed by atoms with van der Waals surface area (Å²) >= 11 is 0. The van der Waals surface area contributed by atoms with Gasteiger partial charge in [-0.1, -0.05) is 24.3 Å². The second-order valence-corrected chi connectivity index (χ2v) is 9.47. The van der Waals surface area contributed by atoms with Crippen molar-refractivity contribution in [2.75, 3.05) is 26.8 Å². The zero-order chi connectivity index (χ0) is 27.7. The third-order valence-electron chi connectivity index (χ3n) is 6.75. The number of benzene rings is 1. The first kappa shape index (κ1) is 26.6. The van der Waals surface area contributed by atoms with Crippen molar-refractivity contribution in [3.05, 3.63) is 54.2 Å². The van der Waals surface area contributed by atoms with E-state index in [0.29, 0.717) is 29.2 Å². The second-order valence-electron chi connectivity index (χ2n) is 9.47. The van der Waals surface area contributed by atoms with E-state index in [2.05, 4.69) is 15.5 Å². The maximum Gasteiger partial charge on any atom is 0.408 e. The number of hydrogen-bond donors (Lipinski definition) is 2. The number of methoxy groups -OCH3 is 1. The molecule has 1 aromatic carbocycles. The molecule has 1 amide bonds. The first-order chi connectivity index (χ1) is 18.6. The summed E-state index contributed by atoms with van der Waals surface area (Å²) in [5, 5.41) is 20.4. The Labute approximate surface area is 221 Å². The van der Waals surface area contributed by atoms with Crippen molar-refractivity contribution in [3.8, 4) is 17.3 Å². The number of hydrogen-bond acceptors (Lipinski definition) is 7. The fraction of sp³-hybridized carbons (Fsp3) is 0.385. The van der Waals surface area contributed by atoms with Gasteiger partial charge in [0, 0.05) is 37.8 Å². The largest absolute Gasteiger partial charge is 0.489 e. The van der Waals surface area contributed by atoms with Gasteiger partial charge >= 0.3 is 12.3 Å². The Morgan fingerprint density at radius 2 is 2.03 bits per heavy atom. The van der Waals surface area contributed by atoms with Crippen LogP contribution in [0.2, 0.25) is 0 Å². The molecule has 0 aliphatic carbocycles. The Morgan fingerprint density at radius 3 is 2.77 bits per heavy atom. The minimum Gasteiger partial charge on any atom is -0.489 e. The second kappa shape index (κ2) is 10.7. The van der Waals surface area contributed by atoms with Gasteiger partial charge in [0.25, 0.3) is 0 Å². The molecule has 13 heteroatoms. The summed E-state index contributed by atoms with van der Waals surface area (Å²) in [6, 6.07) is 9.45. The van der Waals surface area contributed by atoms with Crippen LogP contribution < -0.4 is 10.1 Å². The van der Waals surface area contributed by atoms with Crippen molar-refractivity contribution in [1.82, 2.24) is 29.8 Å². The van der Waals surface area contributed by atoms with Crippen LogP contribution in [-0.2, 0) is 4.74 Å². The van der Waals surface area contributed by atoms with E-state index in [9.17, 15) is 18.0 Å². The molecule has 4 heterocycles. The zero-order valence-corrected chi connectivity index (χ0v) is 21.2. The van der Waals surface area contributed by atoms with Crippen LogP contribution in [0.4, 0.5) is 18.0 Å². The van der Waals surface area contributed by atoms with Gasteiger partial charge in [-0.3, -0.25) is 9.30 Å². The van der Waals surface area contributed by atoms with Crippen LogP contribution in [0.25, 0.3) is 28.1 Å². The number of carboxylic acid groups (broad SMARTS) is 1. The lowest BCUT2D eigenvalue weighted by Gasteiger charge is -2.30. The summed E-state index contributed by atoms with van der Waals surface area (Å²) in [7, 11) is 1.59. The number of fused-ring (bicyclic) bond motifs is 2. The van der Waals surface area contributed by atoms with Crippen molar-refractivity contribution >= 4 is 22.6 Å². The van der Waals surface area contributed by atoms with Gasteiger partial charge < -0.3 is 19.9 Å². The van der Waals surface area contributed by atoms with Crippen LogP contribution in [0.1, 0.15) is 24.9 Å². The van der Waals surface area contributed by atoms with Gasteiger partial charge in [0.1, 0.15) is 29.6 Å². The molecule has 206 valence electrons. The number of likely N-dealkylation sites (tertiary alicyclic amines) is 1. The summed E-state index contributed by atoms with van der Waals surface area (Å²) in [6.07, 6.45) is -4.32. The highest BCUT2D eigenvalue weighted by Crippen LogP contribution is 2.40. The monoisotopic (exact) mass is 544 g/mol. The molecule has 0 bridgehead atoms. The quantitative estimate of drug-likeness (QED) is 0.338. The van der Waals surface area contributed by atoms with Crippen LogP contribution in [0.3, 0.4) is 0 Å². The number of para-hydroxylation sites is 1. The molecule has 1 aliphatic heterocycles. The number of aromatic nitrogens is 4. The van der Waals surface area contributed by atoms with Gasteiger partial charge in [0.15, 0.2) is 11.5 Å². The molecule has 1 fully saturated rings. The molecule has 1 saturated heterocycles. The normalized spacial score (nSPS) is 17.9. The van der Waals surface area contributed by atoms with Gasteiger partial charge in [0.2, 0.25) is 0 Å². The predicted octanol–water partition coefficient (Wildman–Crippen LogP) is 4.30. The minimum absolute atomic E-state index is 0.00890. The smallest absolute Gasteiger partial charge is 0.408 e. The lowest BCUT2D eigenvalue weighted by molar-refractivity contribution is -0.184. The molecule has 39 heavy (non-hydrogen) atoms. The number of amides is 1. The molecule has 3 atom stereocenters. The highest BCUT2D eigenvalue weighted by atomic mass is 19.4. The summed E-state index contributed by atoms with van der Waals surface area (Å²) in [4.78, 5) is 16.9. The van der Waals surface area contributed by atoms with E-state index in [0.717, 1.165) is 5.39 Å². The van der Waals surface area contributed by atoms with Crippen LogP contribution >= 0.6 is 0 Å². The molecule has 3 aromatic heterocycles. The zero-order valence-electron chi connectivity index (χ0n) is 21.2. The summed E-state index contributed by atoms with van der Waals surface area (Å²) in [6.45, 7) is 2.24. The van der Waals surface area contributed by atoms with Crippen molar-refractivity contribution in [3.63, 3.8) is 0 Å². The van der Waals surface area contributed by atoms with Crippen LogP contribution in [0, 0.1) is 0 Å². The third-order valence-corrected chi connectivity index (χ3v) is 6.75. The summed E-state index contributed by atoms with van der Waals surface area (Å²) < 4.78 is 55.6. The van der Waals surface area contributed by atoms with Gasteiger partial charge in [-0.25, -0.2) is 9.78 Å². The van der Waals surface area contributed by atoms with Crippen LogP contribution in [0.5, 0.6) is 5.75 Å².